The number of carboxylic acids is 1. The quantitative estimate of drug-likeness (QED) is 0.667. The van der Waals surface area contributed by atoms with Gasteiger partial charge >= 0.3 is 5.97 Å². The van der Waals surface area contributed by atoms with Gasteiger partial charge in [0.05, 0.1) is 19.0 Å². The third-order valence-electron chi connectivity index (χ3n) is 2.86. The minimum Gasteiger partial charge on any atom is -0.480 e. The first-order valence-corrected chi connectivity index (χ1v) is 6.78. The predicted molar refractivity (Wildman–Crippen MR) is 79.8 cm³/mol. The van der Waals surface area contributed by atoms with Gasteiger partial charge in [-0.2, -0.15) is 4.98 Å². The number of anilines is 1. The highest BCUT2D eigenvalue weighted by atomic mass is 16.5. The van der Waals surface area contributed by atoms with Gasteiger partial charge < -0.3 is 20.3 Å². The third kappa shape index (κ3) is 4.71. The van der Waals surface area contributed by atoms with Gasteiger partial charge in [-0.15, -0.1) is 0 Å². The second kappa shape index (κ2) is 7.94. The molecule has 0 aliphatic heterocycles. The molecule has 0 saturated carbocycles. The van der Waals surface area contributed by atoms with Crippen molar-refractivity contribution in [1.82, 2.24) is 9.97 Å². The van der Waals surface area contributed by atoms with Crippen molar-refractivity contribution < 1.29 is 19.7 Å². The number of aliphatic carboxylic acids is 1. The van der Waals surface area contributed by atoms with E-state index in [-0.39, 0.29) is 19.1 Å². The standard InChI is InChI=1S/C15H17N3O4/c19-6-7-22-14-10-16-9-13(18-14)17-12(15(20)21)8-11-4-2-1-3-5-11/h1-5,9-10,12,19H,6-8H2,(H,17,18)(H,20,21)/t12-/m1/s1. The van der Waals surface area contributed by atoms with Crippen LogP contribution in [-0.4, -0.2) is 45.4 Å². The van der Waals surface area contributed by atoms with Gasteiger partial charge in [0, 0.05) is 6.42 Å². The Morgan fingerprint density at radius 1 is 1.27 bits per heavy atom. The molecule has 7 heteroatoms. The molecule has 2 rings (SSSR count). The first kappa shape index (κ1) is 15.7. The predicted octanol–water partition coefficient (Wildman–Crippen LogP) is 0.955. The van der Waals surface area contributed by atoms with E-state index >= 15 is 0 Å². The first-order chi connectivity index (χ1) is 10.7. The van der Waals surface area contributed by atoms with E-state index in [4.69, 9.17) is 9.84 Å². The van der Waals surface area contributed by atoms with Gasteiger partial charge in [0.1, 0.15) is 18.5 Å². The highest BCUT2D eigenvalue weighted by molar-refractivity contribution is 5.77. The monoisotopic (exact) mass is 303 g/mol. The van der Waals surface area contributed by atoms with Gasteiger partial charge in [-0.1, -0.05) is 30.3 Å². The Kier molecular flexibility index (Phi) is 5.67. The summed E-state index contributed by atoms with van der Waals surface area (Å²) in [7, 11) is 0. The molecule has 0 bridgehead atoms. The Balaban J connectivity index is 2.06. The SMILES string of the molecule is O=C(O)[C@@H](Cc1ccccc1)Nc1cncc(OCCO)n1. The number of aliphatic hydroxyl groups excluding tert-OH is 1. The van der Waals surface area contributed by atoms with E-state index in [1.165, 1.54) is 12.4 Å². The lowest BCUT2D eigenvalue weighted by atomic mass is 10.1. The number of aliphatic hydroxyl groups is 1. The molecule has 22 heavy (non-hydrogen) atoms. The minimum atomic E-state index is -0.979. The summed E-state index contributed by atoms with van der Waals surface area (Å²) in [6.45, 7) is -0.0321. The zero-order valence-corrected chi connectivity index (χ0v) is 11.8. The lowest BCUT2D eigenvalue weighted by molar-refractivity contribution is -0.137. The Hall–Kier alpha value is -2.67. The highest BCUT2D eigenvalue weighted by Gasteiger charge is 2.18. The van der Waals surface area contributed by atoms with Crippen LogP contribution in [0.25, 0.3) is 0 Å². The van der Waals surface area contributed by atoms with Crippen LogP contribution in [0.1, 0.15) is 5.56 Å². The molecule has 3 N–H and O–H groups in total. The van der Waals surface area contributed by atoms with E-state index in [1.807, 2.05) is 30.3 Å². The largest absolute Gasteiger partial charge is 0.480 e. The van der Waals surface area contributed by atoms with Crippen molar-refractivity contribution >= 4 is 11.8 Å². The zero-order valence-electron chi connectivity index (χ0n) is 11.8. The Morgan fingerprint density at radius 3 is 2.73 bits per heavy atom. The van der Waals surface area contributed by atoms with Gasteiger partial charge in [-0.05, 0) is 5.56 Å². The van der Waals surface area contributed by atoms with E-state index < -0.39 is 12.0 Å². The summed E-state index contributed by atoms with van der Waals surface area (Å²) in [6, 6.07) is 8.49. The van der Waals surface area contributed by atoms with Gasteiger partial charge in [0.2, 0.25) is 5.88 Å². The summed E-state index contributed by atoms with van der Waals surface area (Å²) in [5.74, 6) is -0.450. The van der Waals surface area contributed by atoms with Crippen molar-refractivity contribution in [3.8, 4) is 5.88 Å². The van der Waals surface area contributed by atoms with E-state index in [0.29, 0.717) is 12.2 Å². The highest BCUT2D eigenvalue weighted by Crippen LogP contribution is 2.12. The van der Waals surface area contributed by atoms with Gasteiger partial charge in [-0.25, -0.2) is 4.79 Å². The molecule has 116 valence electrons. The smallest absolute Gasteiger partial charge is 0.326 e. The van der Waals surface area contributed by atoms with Gasteiger partial charge in [0.25, 0.3) is 0 Å². The van der Waals surface area contributed by atoms with Crippen LogP contribution in [0.3, 0.4) is 0 Å². The average molecular weight is 303 g/mol. The van der Waals surface area contributed by atoms with Crippen LogP contribution in [0.2, 0.25) is 0 Å². The van der Waals surface area contributed by atoms with Crippen molar-refractivity contribution in [1.29, 1.82) is 0 Å². The number of hydrogen-bond acceptors (Lipinski definition) is 6. The van der Waals surface area contributed by atoms with Crippen LogP contribution >= 0.6 is 0 Å². The van der Waals surface area contributed by atoms with Crippen LogP contribution in [0.5, 0.6) is 5.88 Å². The topological polar surface area (TPSA) is 105 Å². The summed E-state index contributed by atoms with van der Waals surface area (Å²) >= 11 is 0. The summed E-state index contributed by atoms with van der Waals surface area (Å²) in [5.41, 5.74) is 0.906. The Labute approximate surface area is 127 Å². The summed E-state index contributed by atoms with van der Waals surface area (Å²) in [6.07, 6.45) is 3.14. The molecule has 0 unspecified atom stereocenters. The van der Waals surface area contributed by atoms with Crippen LogP contribution in [-0.2, 0) is 11.2 Å². The summed E-state index contributed by atoms with van der Waals surface area (Å²) < 4.78 is 5.15. The van der Waals surface area contributed by atoms with Crippen molar-refractivity contribution in [2.75, 3.05) is 18.5 Å². The van der Waals surface area contributed by atoms with Crippen LogP contribution < -0.4 is 10.1 Å². The van der Waals surface area contributed by atoms with E-state index in [0.717, 1.165) is 5.56 Å². The maximum absolute atomic E-state index is 11.4. The van der Waals surface area contributed by atoms with Gasteiger partial charge in [0.15, 0.2) is 0 Å². The van der Waals surface area contributed by atoms with E-state index in [1.54, 1.807) is 0 Å². The van der Waals surface area contributed by atoms with Crippen molar-refractivity contribution in [2.24, 2.45) is 0 Å². The lowest BCUT2D eigenvalue weighted by Crippen LogP contribution is -2.32. The first-order valence-electron chi connectivity index (χ1n) is 6.78. The average Bonchev–Trinajstić information content (AvgIpc) is 2.53. The molecule has 1 aromatic carbocycles. The second-order valence-corrected chi connectivity index (χ2v) is 4.54. The third-order valence-corrected chi connectivity index (χ3v) is 2.86. The molecule has 1 atom stereocenters. The van der Waals surface area contributed by atoms with Crippen molar-refractivity contribution in [3.05, 3.63) is 48.3 Å². The molecule has 0 spiro atoms. The van der Waals surface area contributed by atoms with E-state index in [2.05, 4.69) is 15.3 Å². The van der Waals surface area contributed by atoms with Crippen LogP contribution in [0, 0.1) is 0 Å². The van der Waals surface area contributed by atoms with Crippen molar-refractivity contribution in [3.63, 3.8) is 0 Å². The molecular weight excluding hydrogens is 286 g/mol. The number of rotatable bonds is 8. The molecule has 0 fully saturated rings. The second-order valence-electron chi connectivity index (χ2n) is 4.54. The number of carbonyl (C=O) groups is 1. The molecule has 1 aromatic heterocycles. The van der Waals surface area contributed by atoms with Crippen molar-refractivity contribution in [2.45, 2.75) is 12.5 Å². The lowest BCUT2D eigenvalue weighted by Gasteiger charge is -2.15. The molecule has 0 aliphatic rings. The maximum atomic E-state index is 11.4. The molecule has 2 aromatic rings. The fourth-order valence-corrected chi connectivity index (χ4v) is 1.87. The maximum Gasteiger partial charge on any atom is 0.326 e. The minimum absolute atomic E-state index is 0.102. The van der Waals surface area contributed by atoms with Gasteiger partial charge in [-0.3, -0.25) is 4.98 Å². The zero-order chi connectivity index (χ0) is 15.8. The number of ether oxygens (including phenoxy) is 1. The fourth-order valence-electron chi connectivity index (χ4n) is 1.87. The molecule has 1 heterocycles. The number of nitrogens with zero attached hydrogens (tertiary/aromatic N) is 2. The number of carboxylic acid groups (broad SMARTS) is 1. The Morgan fingerprint density at radius 2 is 2.05 bits per heavy atom. The van der Waals surface area contributed by atoms with E-state index in [9.17, 15) is 9.90 Å². The summed E-state index contributed by atoms with van der Waals surface area (Å²) in [4.78, 5) is 19.4. The molecule has 0 saturated heterocycles. The number of nitrogens with one attached hydrogen (secondary N) is 1. The molecule has 7 nitrogen and oxygen atoms in total. The molecule has 0 aliphatic carbocycles. The summed E-state index contributed by atoms with van der Waals surface area (Å²) in [5, 5.41) is 20.9. The van der Waals surface area contributed by atoms with Crippen LogP contribution in [0.15, 0.2) is 42.7 Å². The fraction of sp³-hybridized carbons (Fsp3) is 0.267. The number of benzene rings is 1. The normalized spacial score (nSPS) is 11.7. The molecule has 0 amide bonds. The Bertz CT molecular complexity index is 607. The number of aromatic nitrogens is 2. The van der Waals surface area contributed by atoms with Crippen LogP contribution in [0.4, 0.5) is 5.82 Å². The molecular formula is C15H17N3O4. The number of hydrogen-bond donors (Lipinski definition) is 3. The molecule has 0 radical (unpaired) electrons.